The highest BCUT2D eigenvalue weighted by atomic mass is 35.5. The van der Waals surface area contributed by atoms with E-state index >= 15 is 0 Å². The van der Waals surface area contributed by atoms with Crippen molar-refractivity contribution in [2.75, 3.05) is 0 Å². The number of halogens is 1. The first-order valence-corrected chi connectivity index (χ1v) is 7.47. The van der Waals surface area contributed by atoms with Crippen LogP contribution in [-0.2, 0) is 11.3 Å². The number of hydrogen-bond acceptors (Lipinski definition) is 3. The zero-order valence-electron chi connectivity index (χ0n) is 11.8. The molecule has 1 aliphatic carbocycles. The minimum Gasteiger partial charge on any atom is -0.409 e. The molecule has 0 aliphatic heterocycles. The van der Waals surface area contributed by atoms with Gasteiger partial charge in [0.2, 0.25) is 5.91 Å². The Hall–Kier alpha value is -1.75. The number of nitrogens with two attached hydrogens (primary N) is 1. The van der Waals surface area contributed by atoms with Crippen LogP contribution in [0.15, 0.2) is 29.4 Å². The molecule has 6 heteroatoms. The Balaban J connectivity index is 2.07. The minimum absolute atomic E-state index is 0.0100. The van der Waals surface area contributed by atoms with Crippen molar-refractivity contribution >= 4 is 23.3 Å². The van der Waals surface area contributed by atoms with E-state index in [4.69, 9.17) is 22.5 Å². The van der Waals surface area contributed by atoms with Gasteiger partial charge in [0.05, 0.1) is 0 Å². The van der Waals surface area contributed by atoms with Crippen molar-refractivity contribution in [3.63, 3.8) is 0 Å². The van der Waals surface area contributed by atoms with Crippen LogP contribution in [0.2, 0.25) is 5.02 Å². The molecule has 0 aromatic heterocycles. The molecule has 0 spiro atoms. The average molecular weight is 310 g/mol. The fourth-order valence-electron chi connectivity index (χ4n) is 2.80. The Labute approximate surface area is 129 Å². The van der Waals surface area contributed by atoms with Crippen molar-refractivity contribution in [1.82, 2.24) is 5.32 Å². The molecule has 1 aliphatic rings. The number of nitrogens with zero attached hydrogens (tertiary/aromatic N) is 1. The van der Waals surface area contributed by atoms with Crippen molar-refractivity contribution in [1.29, 1.82) is 0 Å². The number of amides is 1. The first-order valence-electron chi connectivity index (χ1n) is 7.09. The number of benzene rings is 1. The van der Waals surface area contributed by atoms with Gasteiger partial charge in [0.1, 0.15) is 5.41 Å². The van der Waals surface area contributed by atoms with Crippen molar-refractivity contribution < 1.29 is 10.0 Å². The predicted molar refractivity (Wildman–Crippen MR) is 82.2 cm³/mol. The molecule has 5 nitrogen and oxygen atoms in total. The summed E-state index contributed by atoms with van der Waals surface area (Å²) < 4.78 is 0. The summed E-state index contributed by atoms with van der Waals surface area (Å²) in [4.78, 5) is 12.6. The van der Waals surface area contributed by atoms with Crippen LogP contribution in [0.4, 0.5) is 0 Å². The second-order valence-corrected chi connectivity index (χ2v) is 5.87. The molecular formula is C15H20ClN3O2. The van der Waals surface area contributed by atoms with E-state index in [1.807, 2.05) is 12.1 Å². The maximum absolute atomic E-state index is 12.6. The fourth-order valence-corrected chi connectivity index (χ4v) is 2.93. The predicted octanol–water partition coefficient (Wildman–Crippen LogP) is 2.65. The quantitative estimate of drug-likeness (QED) is 0.346. The third-order valence-electron chi connectivity index (χ3n) is 4.11. The summed E-state index contributed by atoms with van der Waals surface area (Å²) in [6.07, 6.45) is 4.13. The van der Waals surface area contributed by atoms with Gasteiger partial charge in [0, 0.05) is 11.6 Å². The number of rotatable bonds is 4. The van der Waals surface area contributed by atoms with Gasteiger partial charge in [0.25, 0.3) is 0 Å². The first kappa shape index (κ1) is 15.6. The molecule has 4 N–H and O–H groups in total. The molecule has 1 amide bonds. The maximum Gasteiger partial charge on any atom is 0.234 e. The van der Waals surface area contributed by atoms with Crippen LogP contribution >= 0.6 is 11.6 Å². The van der Waals surface area contributed by atoms with E-state index in [2.05, 4.69) is 10.5 Å². The second-order valence-electron chi connectivity index (χ2n) is 5.44. The van der Waals surface area contributed by atoms with Crippen LogP contribution in [0.25, 0.3) is 0 Å². The van der Waals surface area contributed by atoms with Gasteiger partial charge < -0.3 is 16.3 Å². The molecule has 1 fully saturated rings. The highest BCUT2D eigenvalue weighted by Crippen LogP contribution is 2.36. The van der Waals surface area contributed by atoms with Gasteiger partial charge in [0.15, 0.2) is 5.84 Å². The van der Waals surface area contributed by atoms with Crippen molar-refractivity contribution in [2.24, 2.45) is 16.3 Å². The van der Waals surface area contributed by atoms with Crippen LogP contribution in [0.3, 0.4) is 0 Å². The monoisotopic (exact) mass is 309 g/mol. The smallest absolute Gasteiger partial charge is 0.234 e. The standard InChI is InChI=1S/C15H20ClN3O2/c16-12-6-4-11(5-7-12)10-18-14(20)15(13(17)19-21)8-2-1-3-9-15/h4-7,21H,1-3,8-10H2,(H2,17,19)(H,18,20). The van der Waals surface area contributed by atoms with Crippen LogP contribution in [0.1, 0.15) is 37.7 Å². The number of carbonyl (C=O) groups is 1. The van der Waals surface area contributed by atoms with Crippen LogP contribution in [0.5, 0.6) is 0 Å². The summed E-state index contributed by atoms with van der Waals surface area (Å²) in [5.41, 5.74) is 5.88. The second kappa shape index (κ2) is 6.80. The van der Waals surface area contributed by atoms with Crippen molar-refractivity contribution in [3.05, 3.63) is 34.9 Å². The summed E-state index contributed by atoms with van der Waals surface area (Å²) >= 11 is 5.83. The van der Waals surface area contributed by atoms with Gasteiger partial charge in [-0.3, -0.25) is 4.79 Å². The maximum atomic E-state index is 12.6. The lowest BCUT2D eigenvalue weighted by molar-refractivity contribution is -0.129. The Morgan fingerprint density at radius 1 is 1.29 bits per heavy atom. The molecule has 0 atom stereocenters. The summed E-state index contributed by atoms with van der Waals surface area (Å²) in [6.45, 7) is 0.399. The number of amidine groups is 1. The molecule has 114 valence electrons. The number of hydrogen-bond donors (Lipinski definition) is 3. The molecule has 0 bridgehead atoms. The van der Waals surface area contributed by atoms with E-state index in [0.29, 0.717) is 24.4 Å². The van der Waals surface area contributed by atoms with Crippen molar-refractivity contribution in [2.45, 2.75) is 38.6 Å². The molecule has 0 unspecified atom stereocenters. The lowest BCUT2D eigenvalue weighted by Gasteiger charge is -2.34. The molecule has 1 aromatic carbocycles. The normalized spacial score (nSPS) is 18.2. The van der Waals surface area contributed by atoms with E-state index in [9.17, 15) is 4.79 Å². The van der Waals surface area contributed by atoms with Crippen LogP contribution in [-0.4, -0.2) is 17.0 Å². The largest absolute Gasteiger partial charge is 0.409 e. The lowest BCUT2D eigenvalue weighted by Crippen LogP contribution is -2.50. The topological polar surface area (TPSA) is 87.7 Å². The summed E-state index contributed by atoms with van der Waals surface area (Å²) in [7, 11) is 0. The third-order valence-corrected chi connectivity index (χ3v) is 4.36. The fraction of sp³-hybridized carbons (Fsp3) is 0.467. The number of nitrogens with one attached hydrogen (secondary N) is 1. The zero-order valence-corrected chi connectivity index (χ0v) is 12.6. The highest BCUT2D eigenvalue weighted by Gasteiger charge is 2.43. The lowest BCUT2D eigenvalue weighted by atomic mass is 9.72. The minimum atomic E-state index is -0.876. The zero-order chi connectivity index (χ0) is 15.3. The highest BCUT2D eigenvalue weighted by molar-refractivity contribution is 6.30. The van der Waals surface area contributed by atoms with Crippen LogP contribution in [0, 0.1) is 5.41 Å². The van der Waals surface area contributed by atoms with Gasteiger partial charge in [-0.1, -0.05) is 48.2 Å². The Morgan fingerprint density at radius 3 is 2.48 bits per heavy atom. The van der Waals surface area contributed by atoms with Crippen molar-refractivity contribution in [3.8, 4) is 0 Å². The molecule has 0 radical (unpaired) electrons. The van der Waals surface area contributed by atoms with E-state index in [1.165, 1.54) is 0 Å². The third kappa shape index (κ3) is 3.47. The van der Waals surface area contributed by atoms with Crippen LogP contribution < -0.4 is 11.1 Å². The summed E-state index contributed by atoms with van der Waals surface area (Å²) in [5.74, 6) is -0.164. The SMILES string of the molecule is NC(=NO)C1(C(=O)NCc2ccc(Cl)cc2)CCCCC1. The molecule has 0 heterocycles. The molecule has 0 saturated heterocycles. The first-order chi connectivity index (χ1) is 10.1. The average Bonchev–Trinajstić information content (AvgIpc) is 2.53. The van der Waals surface area contributed by atoms with Gasteiger partial charge in [-0.2, -0.15) is 0 Å². The Morgan fingerprint density at radius 2 is 1.90 bits per heavy atom. The molecule has 1 saturated carbocycles. The van der Waals surface area contributed by atoms with E-state index in [-0.39, 0.29) is 11.7 Å². The molecule has 2 rings (SSSR count). The Bertz CT molecular complexity index is 522. The summed E-state index contributed by atoms with van der Waals surface area (Å²) in [6, 6.07) is 7.28. The number of oxime groups is 1. The van der Waals surface area contributed by atoms with Gasteiger partial charge >= 0.3 is 0 Å². The summed E-state index contributed by atoms with van der Waals surface area (Å²) in [5, 5.41) is 15.6. The van der Waals surface area contributed by atoms with E-state index in [1.54, 1.807) is 12.1 Å². The number of carbonyl (C=O) groups excluding carboxylic acids is 1. The van der Waals surface area contributed by atoms with E-state index < -0.39 is 5.41 Å². The van der Waals surface area contributed by atoms with Gasteiger partial charge in [-0.05, 0) is 30.5 Å². The molecular weight excluding hydrogens is 290 g/mol. The molecule has 21 heavy (non-hydrogen) atoms. The Kier molecular flexibility index (Phi) is 5.07. The molecule has 1 aromatic rings. The van der Waals surface area contributed by atoms with E-state index in [0.717, 1.165) is 24.8 Å². The van der Waals surface area contributed by atoms with Gasteiger partial charge in [-0.25, -0.2) is 0 Å². The van der Waals surface area contributed by atoms with Gasteiger partial charge in [-0.15, -0.1) is 0 Å².